The number of aryl methyl sites for hydroxylation is 1. The molecule has 5 heteroatoms. The summed E-state index contributed by atoms with van der Waals surface area (Å²) in [6.07, 6.45) is 0.837. The minimum Gasteiger partial charge on any atom is -0.354 e. The first-order valence-electron chi connectivity index (χ1n) is 6.30. The van der Waals surface area contributed by atoms with Crippen molar-refractivity contribution < 1.29 is 14.0 Å². The number of benzene rings is 1. The van der Waals surface area contributed by atoms with Gasteiger partial charge in [0.05, 0.1) is 0 Å². The summed E-state index contributed by atoms with van der Waals surface area (Å²) < 4.78 is 13.1. The Labute approximate surface area is 112 Å². The lowest BCUT2D eigenvalue weighted by Gasteiger charge is -2.14. The van der Waals surface area contributed by atoms with E-state index < -0.39 is 6.04 Å². The molecule has 1 unspecified atom stereocenters. The van der Waals surface area contributed by atoms with Crippen molar-refractivity contribution in [2.24, 2.45) is 0 Å². The number of hydrogen-bond donors (Lipinski definition) is 2. The highest BCUT2D eigenvalue weighted by molar-refractivity contribution is 5.97. The number of carbonyl (C=O) groups excluding carboxylic acids is 2. The molecule has 0 spiro atoms. The molecule has 1 aromatic rings. The highest BCUT2D eigenvalue weighted by atomic mass is 19.1. The van der Waals surface area contributed by atoms with Crippen LogP contribution in [0.1, 0.15) is 36.2 Å². The van der Waals surface area contributed by atoms with Crippen LogP contribution in [0.2, 0.25) is 0 Å². The molecule has 0 saturated heterocycles. The van der Waals surface area contributed by atoms with Gasteiger partial charge in [-0.1, -0.05) is 6.92 Å². The number of halogens is 1. The zero-order valence-electron chi connectivity index (χ0n) is 11.4. The normalized spacial score (nSPS) is 11.8. The van der Waals surface area contributed by atoms with Crippen LogP contribution in [0.15, 0.2) is 18.2 Å². The van der Waals surface area contributed by atoms with Crippen LogP contribution in [0, 0.1) is 12.7 Å². The van der Waals surface area contributed by atoms with Gasteiger partial charge in [0.1, 0.15) is 11.9 Å². The molecule has 2 N–H and O–H groups in total. The third-order valence-corrected chi connectivity index (χ3v) is 2.71. The summed E-state index contributed by atoms with van der Waals surface area (Å²) in [6, 6.07) is 3.48. The first-order chi connectivity index (χ1) is 8.95. The van der Waals surface area contributed by atoms with Crippen LogP contribution >= 0.6 is 0 Å². The molecule has 1 rings (SSSR count). The van der Waals surface area contributed by atoms with Gasteiger partial charge in [0.25, 0.3) is 5.91 Å². The minimum absolute atomic E-state index is 0.228. The van der Waals surface area contributed by atoms with E-state index in [1.54, 1.807) is 13.8 Å². The predicted octanol–water partition coefficient (Wildman–Crippen LogP) is 1.78. The van der Waals surface area contributed by atoms with E-state index in [1.807, 2.05) is 6.92 Å². The smallest absolute Gasteiger partial charge is 0.251 e. The van der Waals surface area contributed by atoms with Crippen LogP contribution in [0.4, 0.5) is 4.39 Å². The third kappa shape index (κ3) is 4.35. The minimum atomic E-state index is -0.621. The highest BCUT2D eigenvalue weighted by Crippen LogP contribution is 2.09. The van der Waals surface area contributed by atoms with Gasteiger partial charge in [-0.2, -0.15) is 0 Å². The zero-order valence-corrected chi connectivity index (χ0v) is 11.4. The Balaban J connectivity index is 2.63. The fourth-order valence-electron chi connectivity index (χ4n) is 1.53. The highest BCUT2D eigenvalue weighted by Gasteiger charge is 2.16. The summed E-state index contributed by atoms with van der Waals surface area (Å²) in [6.45, 7) is 5.72. The molecule has 1 atom stereocenters. The molecule has 0 heterocycles. The standard InChI is InChI=1S/C14H19FN2O2/c1-4-7-16-13(18)10(3)17-14(19)11-5-6-12(15)9(2)8-11/h5-6,8,10H,4,7H2,1-3H3,(H,16,18)(H,17,19). The van der Waals surface area contributed by atoms with Gasteiger partial charge in [0.15, 0.2) is 0 Å². The largest absolute Gasteiger partial charge is 0.354 e. The van der Waals surface area contributed by atoms with E-state index in [2.05, 4.69) is 10.6 Å². The second kappa shape index (κ2) is 6.87. The number of amides is 2. The van der Waals surface area contributed by atoms with Crippen molar-refractivity contribution in [1.82, 2.24) is 10.6 Å². The molecular weight excluding hydrogens is 247 g/mol. The van der Waals surface area contributed by atoms with Crippen molar-refractivity contribution in [3.8, 4) is 0 Å². The Morgan fingerprint density at radius 3 is 2.63 bits per heavy atom. The molecule has 1 aromatic carbocycles. The van der Waals surface area contributed by atoms with E-state index in [0.717, 1.165) is 6.42 Å². The summed E-state index contributed by atoms with van der Waals surface area (Å²) in [7, 11) is 0. The molecule has 4 nitrogen and oxygen atoms in total. The molecule has 0 fully saturated rings. The molecule has 104 valence electrons. The molecule has 0 aromatic heterocycles. The van der Waals surface area contributed by atoms with E-state index in [1.165, 1.54) is 18.2 Å². The average molecular weight is 266 g/mol. The van der Waals surface area contributed by atoms with Crippen molar-refractivity contribution in [1.29, 1.82) is 0 Å². The van der Waals surface area contributed by atoms with E-state index in [4.69, 9.17) is 0 Å². The van der Waals surface area contributed by atoms with Crippen molar-refractivity contribution in [3.63, 3.8) is 0 Å². The van der Waals surface area contributed by atoms with Gasteiger partial charge >= 0.3 is 0 Å². The van der Waals surface area contributed by atoms with Crippen LogP contribution in [0.25, 0.3) is 0 Å². The Morgan fingerprint density at radius 1 is 1.37 bits per heavy atom. The maximum atomic E-state index is 13.1. The van der Waals surface area contributed by atoms with Crippen LogP contribution < -0.4 is 10.6 Å². The Morgan fingerprint density at radius 2 is 2.05 bits per heavy atom. The topological polar surface area (TPSA) is 58.2 Å². The molecular formula is C14H19FN2O2. The first kappa shape index (κ1) is 15.1. The average Bonchev–Trinajstić information content (AvgIpc) is 2.38. The Bertz CT molecular complexity index is 475. The quantitative estimate of drug-likeness (QED) is 0.853. The van der Waals surface area contributed by atoms with Gasteiger partial charge in [0.2, 0.25) is 5.91 Å². The second-order valence-corrected chi connectivity index (χ2v) is 4.45. The van der Waals surface area contributed by atoms with Crippen molar-refractivity contribution in [2.45, 2.75) is 33.2 Å². The van der Waals surface area contributed by atoms with Gasteiger partial charge < -0.3 is 10.6 Å². The number of hydrogen-bond acceptors (Lipinski definition) is 2. The van der Waals surface area contributed by atoms with Crippen LogP contribution in [-0.2, 0) is 4.79 Å². The lowest BCUT2D eigenvalue weighted by molar-refractivity contribution is -0.122. The number of carbonyl (C=O) groups is 2. The van der Waals surface area contributed by atoms with Gasteiger partial charge in [0, 0.05) is 12.1 Å². The Hall–Kier alpha value is -1.91. The molecule has 0 saturated carbocycles. The monoisotopic (exact) mass is 266 g/mol. The van der Waals surface area contributed by atoms with Crippen LogP contribution in [0.5, 0.6) is 0 Å². The zero-order chi connectivity index (χ0) is 14.4. The summed E-state index contributed by atoms with van der Waals surface area (Å²) in [4.78, 5) is 23.5. The SMILES string of the molecule is CCCNC(=O)C(C)NC(=O)c1ccc(F)c(C)c1. The summed E-state index contributed by atoms with van der Waals surface area (Å²) in [5.41, 5.74) is 0.741. The summed E-state index contributed by atoms with van der Waals surface area (Å²) in [5, 5.41) is 5.27. The van der Waals surface area contributed by atoms with Gasteiger partial charge in [-0.15, -0.1) is 0 Å². The molecule has 0 radical (unpaired) electrons. The molecule has 0 aliphatic heterocycles. The fraction of sp³-hybridized carbons (Fsp3) is 0.429. The lowest BCUT2D eigenvalue weighted by Crippen LogP contribution is -2.45. The van der Waals surface area contributed by atoms with E-state index in [9.17, 15) is 14.0 Å². The first-order valence-corrected chi connectivity index (χ1v) is 6.30. The fourth-order valence-corrected chi connectivity index (χ4v) is 1.53. The third-order valence-electron chi connectivity index (χ3n) is 2.71. The molecule has 19 heavy (non-hydrogen) atoms. The van der Waals surface area contributed by atoms with Crippen LogP contribution in [-0.4, -0.2) is 24.4 Å². The van der Waals surface area contributed by atoms with Crippen molar-refractivity contribution >= 4 is 11.8 Å². The van der Waals surface area contributed by atoms with Gasteiger partial charge in [-0.05, 0) is 44.0 Å². The molecule has 0 bridgehead atoms. The maximum absolute atomic E-state index is 13.1. The lowest BCUT2D eigenvalue weighted by atomic mass is 10.1. The van der Waals surface area contributed by atoms with E-state index in [-0.39, 0.29) is 17.6 Å². The van der Waals surface area contributed by atoms with Gasteiger partial charge in [-0.25, -0.2) is 4.39 Å². The predicted molar refractivity (Wildman–Crippen MR) is 71.4 cm³/mol. The molecule has 2 amide bonds. The van der Waals surface area contributed by atoms with Gasteiger partial charge in [-0.3, -0.25) is 9.59 Å². The summed E-state index contributed by atoms with van der Waals surface area (Å²) in [5.74, 6) is -0.971. The van der Waals surface area contributed by atoms with E-state index in [0.29, 0.717) is 17.7 Å². The molecule has 0 aliphatic carbocycles. The van der Waals surface area contributed by atoms with Crippen LogP contribution in [0.3, 0.4) is 0 Å². The second-order valence-electron chi connectivity index (χ2n) is 4.45. The number of nitrogens with one attached hydrogen (secondary N) is 2. The Kier molecular flexibility index (Phi) is 5.48. The van der Waals surface area contributed by atoms with Crippen molar-refractivity contribution in [3.05, 3.63) is 35.1 Å². The van der Waals surface area contributed by atoms with Crippen molar-refractivity contribution in [2.75, 3.05) is 6.54 Å². The number of rotatable bonds is 5. The summed E-state index contributed by atoms with van der Waals surface area (Å²) >= 11 is 0. The maximum Gasteiger partial charge on any atom is 0.251 e. The molecule has 0 aliphatic rings. The van der Waals surface area contributed by atoms with E-state index >= 15 is 0 Å².